The van der Waals surface area contributed by atoms with Crippen LogP contribution in [0.3, 0.4) is 0 Å². The fraction of sp³-hybridized carbons (Fsp3) is 0.176. The van der Waals surface area contributed by atoms with Crippen molar-refractivity contribution in [2.45, 2.75) is 13.1 Å². The fourth-order valence-electron chi connectivity index (χ4n) is 1.93. The number of carbonyl (C=O) groups excluding carboxylic acids is 2. The predicted octanol–water partition coefficient (Wildman–Crippen LogP) is 2.85. The smallest absolute Gasteiger partial charge is 0.416 e. The molecule has 0 fully saturated rings. The van der Waals surface area contributed by atoms with Crippen molar-refractivity contribution in [3.05, 3.63) is 65.2 Å². The second-order valence-electron chi connectivity index (χ2n) is 5.14. The van der Waals surface area contributed by atoms with E-state index >= 15 is 0 Å². The number of amides is 2. The average Bonchev–Trinajstić information content (AvgIpc) is 2.58. The Morgan fingerprint density at radius 1 is 1.04 bits per heavy atom. The number of halogens is 3. The van der Waals surface area contributed by atoms with Gasteiger partial charge in [-0.1, -0.05) is 24.3 Å². The lowest BCUT2D eigenvalue weighted by Gasteiger charge is -2.11. The quantitative estimate of drug-likeness (QED) is 0.832. The summed E-state index contributed by atoms with van der Waals surface area (Å²) in [5.74, 6) is -0.999. The predicted molar refractivity (Wildman–Crippen MR) is 83.7 cm³/mol. The summed E-state index contributed by atoms with van der Waals surface area (Å²) in [5, 5.41) is 0. The van der Waals surface area contributed by atoms with Crippen LogP contribution in [-0.2, 0) is 11.0 Å². The summed E-state index contributed by atoms with van der Waals surface area (Å²) < 4.78 is 43.2. The van der Waals surface area contributed by atoms with Crippen LogP contribution in [0.4, 0.5) is 13.2 Å². The third kappa shape index (κ3) is 5.23. The molecule has 0 aromatic heterocycles. The van der Waals surface area contributed by atoms with Crippen molar-refractivity contribution >= 4 is 11.8 Å². The second-order valence-corrected chi connectivity index (χ2v) is 5.14. The van der Waals surface area contributed by atoms with Crippen molar-refractivity contribution in [1.82, 2.24) is 10.9 Å². The molecule has 0 aliphatic heterocycles. The molecule has 0 spiro atoms. The molecule has 5 nitrogen and oxygen atoms in total. The number of alkyl halides is 3. The van der Waals surface area contributed by atoms with E-state index in [0.717, 1.165) is 17.7 Å². The van der Waals surface area contributed by atoms with Gasteiger partial charge in [0.2, 0.25) is 0 Å². The maximum Gasteiger partial charge on any atom is 0.416 e. The van der Waals surface area contributed by atoms with Gasteiger partial charge < -0.3 is 4.74 Å². The Bertz CT molecular complexity index is 776. The van der Waals surface area contributed by atoms with Crippen molar-refractivity contribution in [1.29, 1.82) is 0 Å². The standard InChI is InChI=1S/C17H15F3N2O3/c1-11-5-2-3-8-14(11)25-10-15(23)21-22-16(24)12-6-4-7-13(9-12)17(18,19)20/h2-9H,10H2,1H3,(H,21,23)(H,22,24). The molecule has 0 saturated heterocycles. The van der Waals surface area contributed by atoms with E-state index in [4.69, 9.17) is 4.74 Å². The van der Waals surface area contributed by atoms with Gasteiger partial charge in [-0.2, -0.15) is 13.2 Å². The number of hydrogen-bond acceptors (Lipinski definition) is 3. The maximum atomic E-state index is 12.6. The van der Waals surface area contributed by atoms with E-state index in [9.17, 15) is 22.8 Å². The number of carbonyl (C=O) groups is 2. The zero-order valence-corrected chi connectivity index (χ0v) is 13.2. The first-order valence-electron chi connectivity index (χ1n) is 7.22. The third-order valence-electron chi connectivity index (χ3n) is 3.22. The molecule has 8 heteroatoms. The lowest BCUT2D eigenvalue weighted by molar-refractivity contribution is -0.137. The second kappa shape index (κ2) is 7.69. The number of para-hydroxylation sites is 1. The number of aryl methyl sites for hydroxylation is 1. The molecule has 2 N–H and O–H groups in total. The first-order valence-corrected chi connectivity index (χ1v) is 7.22. The van der Waals surface area contributed by atoms with Crippen LogP contribution in [0.15, 0.2) is 48.5 Å². The van der Waals surface area contributed by atoms with Crippen molar-refractivity contribution in [2.24, 2.45) is 0 Å². The largest absolute Gasteiger partial charge is 0.483 e. The lowest BCUT2D eigenvalue weighted by atomic mass is 10.1. The van der Waals surface area contributed by atoms with Gasteiger partial charge in [0, 0.05) is 5.56 Å². The van der Waals surface area contributed by atoms with Crippen molar-refractivity contribution in [3.8, 4) is 5.75 Å². The van der Waals surface area contributed by atoms with Gasteiger partial charge in [-0.3, -0.25) is 20.4 Å². The summed E-state index contributed by atoms with van der Waals surface area (Å²) in [4.78, 5) is 23.5. The van der Waals surface area contributed by atoms with Crippen LogP contribution in [-0.4, -0.2) is 18.4 Å². The highest BCUT2D eigenvalue weighted by atomic mass is 19.4. The van der Waals surface area contributed by atoms with Crippen LogP contribution < -0.4 is 15.6 Å². The Hall–Kier alpha value is -3.03. The molecule has 0 bridgehead atoms. The first kappa shape index (κ1) is 18.3. The number of nitrogens with one attached hydrogen (secondary N) is 2. The van der Waals surface area contributed by atoms with Gasteiger partial charge >= 0.3 is 6.18 Å². The van der Waals surface area contributed by atoms with Gasteiger partial charge in [-0.15, -0.1) is 0 Å². The molecule has 0 radical (unpaired) electrons. The van der Waals surface area contributed by atoms with Crippen molar-refractivity contribution in [3.63, 3.8) is 0 Å². The van der Waals surface area contributed by atoms with Crippen LogP contribution in [0.5, 0.6) is 5.75 Å². The van der Waals surface area contributed by atoms with Gasteiger partial charge in [0.1, 0.15) is 5.75 Å². The minimum atomic E-state index is -4.55. The summed E-state index contributed by atoms with van der Waals surface area (Å²) in [6, 6.07) is 10.9. The molecular formula is C17H15F3N2O3. The zero-order chi connectivity index (χ0) is 18.4. The Morgan fingerprint density at radius 2 is 1.76 bits per heavy atom. The Morgan fingerprint density at radius 3 is 2.44 bits per heavy atom. The van der Waals surface area contributed by atoms with Crippen LogP contribution >= 0.6 is 0 Å². The fourth-order valence-corrected chi connectivity index (χ4v) is 1.93. The van der Waals surface area contributed by atoms with E-state index in [2.05, 4.69) is 5.43 Å². The number of rotatable bonds is 4. The van der Waals surface area contributed by atoms with Crippen LogP contribution in [0, 0.1) is 6.92 Å². The molecule has 0 aliphatic rings. The van der Waals surface area contributed by atoms with Crippen LogP contribution in [0.25, 0.3) is 0 Å². The summed E-state index contributed by atoms with van der Waals surface area (Å²) in [7, 11) is 0. The molecule has 2 aromatic rings. The van der Waals surface area contributed by atoms with Crippen molar-refractivity contribution < 1.29 is 27.5 Å². The molecule has 25 heavy (non-hydrogen) atoms. The summed E-state index contributed by atoms with van der Waals surface area (Å²) >= 11 is 0. The first-order chi connectivity index (χ1) is 11.8. The van der Waals surface area contributed by atoms with E-state index in [1.165, 1.54) is 6.07 Å². The molecule has 0 aliphatic carbocycles. The van der Waals surface area contributed by atoms with E-state index in [1.807, 2.05) is 24.5 Å². The summed E-state index contributed by atoms with van der Waals surface area (Å²) in [6.07, 6.45) is -4.55. The molecule has 132 valence electrons. The average molecular weight is 352 g/mol. The van der Waals surface area contributed by atoms with E-state index in [-0.39, 0.29) is 12.2 Å². The molecule has 2 amide bonds. The van der Waals surface area contributed by atoms with Gasteiger partial charge in [-0.25, -0.2) is 0 Å². The molecule has 2 rings (SSSR count). The molecule has 0 heterocycles. The normalized spacial score (nSPS) is 10.9. The Kier molecular flexibility index (Phi) is 5.63. The van der Waals surface area contributed by atoms with Crippen LogP contribution in [0.1, 0.15) is 21.5 Å². The Balaban J connectivity index is 1.87. The molecule has 0 atom stereocenters. The van der Waals surface area contributed by atoms with Crippen molar-refractivity contribution in [2.75, 3.05) is 6.61 Å². The Labute approximate surface area is 141 Å². The third-order valence-corrected chi connectivity index (χ3v) is 3.22. The van der Waals surface area contributed by atoms with E-state index in [0.29, 0.717) is 11.8 Å². The minimum Gasteiger partial charge on any atom is -0.483 e. The number of hydrazine groups is 1. The highest BCUT2D eigenvalue weighted by molar-refractivity contribution is 5.95. The van der Waals surface area contributed by atoms with E-state index in [1.54, 1.807) is 12.1 Å². The highest BCUT2D eigenvalue weighted by Crippen LogP contribution is 2.29. The topological polar surface area (TPSA) is 67.4 Å². The van der Waals surface area contributed by atoms with Gasteiger partial charge in [-0.05, 0) is 36.8 Å². The number of ether oxygens (including phenoxy) is 1. The number of benzene rings is 2. The zero-order valence-electron chi connectivity index (χ0n) is 13.2. The van der Waals surface area contributed by atoms with E-state index < -0.39 is 23.6 Å². The minimum absolute atomic E-state index is 0.227. The van der Waals surface area contributed by atoms with Gasteiger partial charge in [0.25, 0.3) is 11.8 Å². The maximum absolute atomic E-state index is 12.6. The van der Waals surface area contributed by atoms with Crippen LogP contribution in [0.2, 0.25) is 0 Å². The SMILES string of the molecule is Cc1ccccc1OCC(=O)NNC(=O)c1cccc(C(F)(F)F)c1. The molecule has 0 unspecified atom stereocenters. The van der Waals surface area contributed by atoms with Gasteiger partial charge in [0.15, 0.2) is 6.61 Å². The summed E-state index contributed by atoms with van der Waals surface area (Å²) in [6.45, 7) is 1.45. The van der Waals surface area contributed by atoms with Gasteiger partial charge in [0.05, 0.1) is 5.56 Å². The molecule has 0 saturated carbocycles. The molecular weight excluding hydrogens is 337 g/mol. The molecule has 2 aromatic carbocycles. The highest BCUT2D eigenvalue weighted by Gasteiger charge is 2.30. The lowest BCUT2D eigenvalue weighted by Crippen LogP contribution is -2.43. The number of hydrogen-bond donors (Lipinski definition) is 2. The summed E-state index contributed by atoms with van der Waals surface area (Å²) in [5.41, 5.74) is 3.79. The monoisotopic (exact) mass is 352 g/mol.